The lowest BCUT2D eigenvalue weighted by molar-refractivity contribution is 0.302. The van der Waals surface area contributed by atoms with Crippen LogP contribution in [0.5, 0.6) is 0 Å². The molecule has 3 nitrogen and oxygen atoms in total. The summed E-state index contributed by atoms with van der Waals surface area (Å²) in [5.41, 5.74) is 4.85. The molecule has 0 aromatic heterocycles. The molecule has 1 fully saturated rings. The molecule has 1 saturated carbocycles. The molecule has 2 atom stereocenters. The molecule has 3 rings (SSSR count). The van der Waals surface area contributed by atoms with Crippen molar-refractivity contribution in [2.24, 2.45) is 5.92 Å². The van der Waals surface area contributed by atoms with Gasteiger partial charge in [-0.15, -0.1) is 0 Å². The zero-order chi connectivity index (χ0) is 27.3. The Balaban J connectivity index is 1.76. The zero-order valence-corrected chi connectivity index (χ0v) is 24.3. The minimum Gasteiger partial charge on any atom is -0.389 e. The van der Waals surface area contributed by atoms with Crippen molar-refractivity contribution in [3.8, 4) is 0 Å². The number of likely N-dealkylation sites (N-methyl/N-ethyl adjacent to an activating group) is 1. The third kappa shape index (κ3) is 9.17. The fourth-order valence-electron chi connectivity index (χ4n) is 5.63. The van der Waals surface area contributed by atoms with Crippen LogP contribution in [0.1, 0.15) is 94.2 Å². The van der Waals surface area contributed by atoms with Gasteiger partial charge >= 0.3 is 0 Å². The molecule has 0 heterocycles. The van der Waals surface area contributed by atoms with Gasteiger partial charge < -0.3 is 16.0 Å². The van der Waals surface area contributed by atoms with E-state index < -0.39 is 0 Å². The monoisotopic (exact) mass is 539 g/mol. The average Bonchev–Trinajstić information content (AvgIpc) is 2.94. The van der Waals surface area contributed by atoms with Gasteiger partial charge in [0.05, 0.1) is 0 Å². The Morgan fingerprint density at radius 1 is 1.13 bits per heavy atom. The van der Waals surface area contributed by atoms with Crippen LogP contribution in [0.25, 0.3) is 5.70 Å². The summed E-state index contributed by atoms with van der Waals surface area (Å²) < 4.78 is 15.4. The van der Waals surface area contributed by atoms with Crippen LogP contribution in [0, 0.1) is 11.7 Å². The Labute approximate surface area is 235 Å². The quantitative estimate of drug-likeness (QED) is 0.199. The fraction of sp³-hybridized carbons (Fsp3) is 0.515. The molecule has 2 unspecified atom stereocenters. The first-order chi connectivity index (χ1) is 18.4. The third-order valence-electron chi connectivity index (χ3n) is 7.98. The Kier molecular flexibility index (Phi) is 12.7. The summed E-state index contributed by atoms with van der Waals surface area (Å²) in [7, 11) is 2.06. The summed E-state index contributed by atoms with van der Waals surface area (Å²) in [5.74, 6) is 0.558. The van der Waals surface area contributed by atoms with E-state index >= 15 is 4.39 Å². The SMILES string of the molecule is C=C(CC)NCCCC(c1cccc(Cl)c1)c1cc(/C(=C\C)NCC(CC2CCCCC2)NC)ccc1F. The molecule has 0 saturated heterocycles. The maximum Gasteiger partial charge on any atom is 0.127 e. The summed E-state index contributed by atoms with van der Waals surface area (Å²) in [4.78, 5) is 0. The van der Waals surface area contributed by atoms with Crippen LogP contribution in [0.4, 0.5) is 4.39 Å². The van der Waals surface area contributed by atoms with Gasteiger partial charge in [-0.1, -0.05) is 75.4 Å². The number of halogens is 2. The van der Waals surface area contributed by atoms with Gasteiger partial charge in [-0.2, -0.15) is 0 Å². The van der Waals surface area contributed by atoms with E-state index in [1.807, 2.05) is 37.3 Å². The van der Waals surface area contributed by atoms with E-state index in [-0.39, 0.29) is 11.7 Å². The molecule has 0 aliphatic heterocycles. The van der Waals surface area contributed by atoms with Gasteiger partial charge in [-0.3, -0.25) is 0 Å². The highest BCUT2D eigenvalue weighted by Gasteiger charge is 2.21. The number of hydrogen-bond donors (Lipinski definition) is 3. The van der Waals surface area contributed by atoms with E-state index in [0.29, 0.717) is 16.6 Å². The highest BCUT2D eigenvalue weighted by Crippen LogP contribution is 2.34. The maximum absolute atomic E-state index is 15.4. The molecule has 0 spiro atoms. The number of nitrogens with one attached hydrogen (secondary N) is 3. The molecule has 1 aliphatic rings. The number of hydrogen-bond acceptors (Lipinski definition) is 3. The molecule has 0 amide bonds. The normalized spacial score (nSPS) is 16.2. The molecule has 208 valence electrons. The lowest BCUT2D eigenvalue weighted by Gasteiger charge is -2.27. The van der Waals surface area contributed by atoms with Crippen molar-refractivity contribution in [1.82, 2.24) is 16.0 Å². The Hall–Kier alpha value is -2.30. The second-order valence-corrected chi connectivity index (χ2v) is 11.1. The fourth-order valence-corrected chi connectivity index (χ4v) is 5.83. The van der Waals surface area contributed by atoms with E-state index in [2.05, 4.69) is 48.6 Å². The smallest absolute Gasteiger partial charge is 0.127 e. The van der Waals surface area contributed by atoms with Crippen LogP contribution in [-0.4, -0.2) is 26.2 Å². The summed E-state index contributed by atoms with van der Waals surface area (Å²) in [6, 6.07) is 13.8. The van der Waals surface area contributed by atoms with Crippen LogP contribution < -0.4 is 16.0 Å². The van der Waals surface area contributed by atoms with Crippen molar-refractivity contribution in [3.05, 3.63) is 88.3 Å². The van der Waals surface area contributed by atoms with Crippen molar-refractivity contribution < 1.29 is 4.39 Å². The molecule has 38 heavy (non-hydrogen) atoms. The first kappa shape index (κ1) is 30.2. The van der Waals surface area contributed by atoms with Crippen LogP contribution >= 0.6 is 11.6 Å². The van der Waals surface area contributed by atoms with Crippen molar-refractivity contribution in [2.45, 2.75) is 83.6 Å². The Morgan fingerprint density at radius 2 is 1.92 bits per heavy atom. The van der Waals surface area contributed by atoms with Gasteiger partial charge in [0.1, 0.15) is 5.82 Å². The summed E-state index contributed by atoms with van der Waals surface area (Å²) >= 11 is 6.35. The summed E-state index contributed by atoms with van der Waals surface area (Å²) in [6.45, 7) is 9.84. The number of rotatable bonds is 15. The number of allylic oxidation sites excluding steroid dienone is 2. The Morgan fingerprint density at radius 3 is 2.61 bits per heavy atom. The van der Waals surface area contributed by atoms with E-state index in [0.717, 1.165) is 60.8 Å². The molecular formula is C33H47ClFN3. The molecule has 0 bridgehead atoms. The molecule has 1 aliphatic carbocycles. The molecule has 5 heteroatoms. The highest BCUT2D eigenvalue weighted by molar-refractivity contribution is 6.30. The molecular weight excluding hydrogens is 493 g/mol. The minimum absolute atomic E-state index is 0.0835. The largest absolute Gasteiger partial charge is 0.389 e. The second kappa shape index (κ2) is 16.0. The van der Waals surface area contributed by atoms with Crippen LogP contribution in [0.2, 0.25) is 5.02 Å². The molecule has 2 aromatic carbocycles. The molecule has 2 aromatic rings. The zero-order valence-electron chi connectivity index (χ0n) is 23.6. The second-order valence-electron chi connectivity index (χ2n) is 10.7. The first-order valence-electron chi connectivity index (χ1n) is 14.5. The highest BCUT2D eigenvalue weighted by atomic mass is 35.5. The van der Waals surface area contributed by atoms with Gasteiger partial charge in [-0.05, 0) is 92.6 Å². The van der Waals surface area contributed by atoms with E-state index in [1.54, 1.807) is 6.07 Å². The van der Waals surface area contributed by atoms with E-state index in [9.17, 15) is 0 Å². The predicted molar refractivity (Wildman–Crippen MR) is 162 cm³/mol. The standard InChI is InChI=1S/C33H47ClFN3/c1-5-24(3)37-19-11-16-30(26-14-10-15-28(34)21-26)31-22-27(17-18-32(31)35)33(6-2)38-23-29(36-4)20-25-12-8-7-9-13-25/h6,10,14-15,17-18,21-22,25,29-30,36-38H,3,5,7-9,11-13,16,19-20,23H2,1-2,4H3/b33-6+. The van der Waals surface area contributed by atoms with Crippen LogP contribution in [0.15, 0.2) is 60.8 Å². The van der Waals surface area contributed by atoms with Crippen LogP contribution in [-0.2, 0) is 0 Å². The van der Waals surface area contributed by atoms with E-state index in [4.69, 9.17) is 11.6 Å². The lowest BCUT2D eigenvalue weighted by atomic mass is 9.84. The third-order valence-corrected chi connectivity index (χ3v) is 8.22. The number of benzene rings is 2. The van der Waals surface area contributed by atoms with Crippen LogP contribution in [0.3, 0.4) is 0 Å². The van der Waals surface area contributed by atoms with E-state index in [1.165, 1.54) is 38.5 Å². The molecule has 3 N–H and O–H groups in total. The predicted octanol–water partition coefficient (Wildman–Crippen LogP) is 8.41. The topological polar surface area (TPSA) is 36.1 Å². The van der Waals surface area contributed by atoms with Crippen molar-refractivity contribution in [3.63, 3.8) is 0 Å². The van der Waals surface area contributed by atoms with Gasteiger partial charge in [0.2, 0.25) is 0 Å². The Bertz CT molecular complexity index is 1040. The van der Waals surface area contributed by atoms with Crippen molar-refractivity contribution in [2.75, 3.05) is 20.1 Å². The van der Waals surface area contributed by atoms with Crippen molar-refractivity contribution in [1.29, 1.82) is 0 Å². The van der Waals surface area contributed by atoms with Gasteiger partial charge in [0.25, 0.3) is 0 Å². The van der Waals surface area contributed by atoms with Gasteiger partial charge in [-0.25, -0.2) is 4.39 Å². The first-order valence-corrected chi connectivity index (χ1v) is 14.9. The van der Waals surface area contributed by atoms with Gasteiger partial charge in [0, 0.05) is 41.5 Å². The minimum atomic E-state index is -0.175. The summed E-state index contributed by atoms with van der Waals surface area (Å²) in [6.07, 6.45) is 12.7. The average molecular weight is 540 g/mol. The summed E-state index contributed by atoms with van der Waals surface area (Å²) in [5, 5.41) is 11.2. The van der Waals surface area contributed by atoms with Gasteiger partial charge in [0.15, 0.2) is 0 Å². The van der Waals surface area contributed by atoms with Crippen molar-refractivity contribution >= 4 is 17.3 Å². The maximum atomic E-state index is 15.4. The molecule has 0 radical (unpaired) electrons. The lowest BCUT2D eigenvalue weighted by Crippen LogP contribution is -2.37.